The molecule has 0 aromatic heterocycles. The highest BCUT2D eigenvalue weighted by Gasteiger charge is 2.19. The van der Waals surface area contributed by atoms with Gasteiger partial charge in [-0.1, -0.05) is 12.1 Å². The van der Waals surface area contributed by atoms with Crippen LogP contribution in [-0.2, 0) is 11.2 Å². The molecule has 0 fully saturated rings. The second-order valence-electron chi connectivity index (χ2n) is 4.83. The Morgan fingerprint density at radius 2 is 2.11 bits per heavy atom. The van der Waals surface area contributed by atoms with Crippen LogP contribution in [0.25, 0.3) is 0 Å². The number of nitrogens with zero attached hydrogens (tertiary/aromatic N) is 1. The Morgan fingerprint density at radius 3 is 2.79 bits per heavy atom. The van der Waals surface area contributed by atoms with Crippen LogP contribution in [0.3, 0.4) is 0 Å². The van der Waals surface area contributed by atoms with Crippen molar-refractivity contribution in [3.05, 3.63) is 29.3 Å². The number of carbonyl (C=O) groups excluding carboxylic acids is 2. The molecule has 0 saturated heterocycles. The maximum absolute atomic E-state index is 11.9. The number of carbonyl (C=O) groups is 2. The molecule has 0 aliphatic carbocycles. The van der Waals surface area contributed by atoms with Crippen LogP contribution in [0.2, 0.25) is 0 Å². The number of anilines is 1. The van der Waals surface area contributed by atoms with Crippen LogP contribution >= 0.6 is 11.6 Å². The van der Waals surface area contributed by atoms with Crippen LogP contribution in [0.15, 0.2) is 18.2 Å². The highest BCUT2D eigenvalue weighted by Crippen LogP contribution is 2.28. The molecule has 4 heteroatoms. The summed E-state index contributed by atoms with van der Waals surface area (Å²) in [6.07, 6.45) is 3.37. The van der Waals surface area contributed by atoms with Gasteiger partial charge in [-0.3, -0.25) is 9.59 Å². The van der Waals surface area contributed by atoms with Gasteiger partial charge in [0.05, 0.1) is 0 Å². The van der Waals surface area contributed by atoms with E-state index in [1.54, 1.807) is 11.8 Å². The van der Waals surface area contributed by atoms with Crippen molar-refractivity contribution in [1.82, 2.24) is 0 Å². The molecule has 1 aromatic carbocycles. The predicted octanol–water partition coefficient (Wildman–Crippen LogP) is 3.19. The van der Waals surface area contributed by atoms with Gasteiger partial charge in [-0.15, -0.1) is 11.6 Å². The molecule has 2 rings (SSSR count). The number of ketones is 1. The summed E-state index contributed by atoms with van der Waals surface area (Å²) in [4.78, 5) is 25.4. The smallest absolute Gasteiger partial charge is 0.223 e. The lowest BCUT2D eigenvalue weighted by Crippen LogP contribution is -2.29. The second-order valence-corrected chi connectivity index (χ2v) is 5.21. The summed E-state index contributed by atoms with van der Waals surface area (Å²) in [5.41, 5.74) is 2.69. The standard InChI is InChI=1S/C15H18ClNO2/c1-11(18)17-9-3-2-4-12-5-6-13(10-14(12)17)15(19)7-8-16/h5-6,10H,2-4,7-9H2,1H3. The van der Waals surface area contributed by atoms with Crippen LogP contribution < -0.4 is 4.90 Å². The Bertz CT molecular complexity index is 499. The van der Waals surface area contributed by atoms with Gasteiger partial charge in [0, 0.05) is 37.0 Å². The summed E-state index contributed by atoms with van der Waals surface area (Å²) in [5, 5.41) is 0. The van der Waals surface area contributed by atoms with E-state index in [0.29, 0.717) is 17.9 Å². The van der Waals surface area contributed by atoms with Crippen molar-refractivity contribution in [3.8, 4) is 0 Å². The van der Waals surface area contributed by atoms with Gasteiger partial charge in [0.2, 0.25) is 5.91 Å². The molecule has 0 unspecified atom stereocenters. The first-order chi connectivity index (χ1) is 9.13. The number of amides is 1. The van der Waals surface area contributed by atoms with E-state index in [4.69, 9.17) is 11.6 Å². The van der Waals surface area contributed by atoms with Crippen molar-refractivity contribution in [3.63, 3.8) is 0 Å². The molecule has 0 saturated carbocycles. The number of benzene rings is 1. The third kappa shape index (κ3) is 3.16. The summed E-state index contributed by atoms with van der Waals surface area (Å²) in [5.74, 6) is 0.391. The van der Waals surface area contributed by atoms with Crippen LogP contribution in [-0.4, -0.2) is 24.1 Å². The van der Waals surface area contributed by atoms with E-state index in [1.165, 1.54) is 0 Å². The normalized spacial score (nSPS) is 14.7. The average molecular weight is 280 g/mol. The maximum atomic E-state index is 11.9. The third-order valence-corrected chi connectivity index (χ3v) is 3.67. The van der Waals surface area contributed by atoms with Crippen molar-refractivity contribution < 1.29 is 9.59 Å². The van der Waals surface area contributed by atoms with E-state index in [0.717, 1.165) is 37.1 Å². The van der Waals surface area contributed by atoms with Crippen molar-refractivity contribution in [2.75, 3.05) is 17.3 Å². The van der Waals surface area contributed by atoms with Gasteiger partial charge in [0.25, 0.3) is 0 Å². The average Bonchev–Trinajstić information content (AvgIpc) is 2.60. The summed E-state index contributed by atoms with van der Waals surface area (Å²) < 4.78 is 0. The number of rotatable bonds is 3. The first-order valence-corrected chi connectivity index (χ1v) is 7.17. The summed E-state index contributed by atoms with van der Waals surface area (Å²) >= 11 is 5.61. The quantitative estimate of drug-likeness (QED) is 0.629. The molecule has 0 N–H and O–H groups in total. The molecule has 1 aliphatic heterocycles. The van der Waals surface area contributed by atoms with Gasteiger partial charge in [-0.2, -0.15) is 0 Å². The zero-order valence-corrected chi connectivity index (χ0v) is 11.9. The van der Waals surface area contributed by atoms with E-state index >= 15 is 0 Å². The molecule has 0 bridgehead atoms. The number of hydrogen-bond donors (Lipinski definition) is 0. The first kappa shape index (κ1) is 14.1. The first-order valence-electron chi connectivity index (χ1n) is 6.63. The second kappa shape index (κ2) is 6.20. The largest absolute Gasteiger partial charge is 0.312 e. The Kier molecular flexibility index (Phi) is 4.59. The minimum absolute atomic E-state index is 0.0325. The Balaban J connectivity index is 2.39. The van der Waals surface area contributed by atoms with Gasteiger partial charge >= 0.3 is 0 Å². The van der Waals surface area contributed by atoms with Crippen molar-refractivity contribution in [1.29, 1.82) is 0 Å². The van der Waals surface area contributed by atoms with E-state index in [9.17, 15) is 9.59 Å². The minimum Gasteiger partial charge on any atom is -0.312 e. The van der Waals surface area contributed by atoms with E-state index in [2.05, 4.69) is 0 Å². The number of halogens is 1. The van der Waals surface area contributed by atoms with Crippen LogP contribution in [0.5, 0.6) is 0 Å². The molecule has 0 spiro atoms. The Hall–Kier alpha value is -1.35. The van der Waals surface area contributed by atoms with E-state index in [1.807, 2.05) is 18.2 Å². The topological polar surface area (TPSA) is 37.4 Å². The zero-order chi connectivity index (χ0) is 13.8. The third-order valence-electron chi connectivity index (χ3n) is 3.48. The molecule has 1 heterocycles. The number of alkyl halides is 1. The number of fused-ring (bicyclic) bond motifs is 1. The summed E-state index contributed by atoms with van der Waals surface area (Å²) in [6, 6.07) is 5.66. The fraction of sp³-hybridized carbons (Fsp3) is 0.467. The molecular formula is C15H18ClNO2. The van der Waals surface area contributed by atoms with Gasteiger partial charge in [-0.25, -0.2) is 0 Å². The molecule has 3 nitrogen and oxygen atoms in total. The lowest BCUT2D eigenvalue weighted by atomic mass is 10.0. The highest BCUT2D eigenvalue weighted by molar-refractivity contribution is 6.19. The lowest BCUT2D eigenvalue weighted by molar-refractivity contribution is -0.116. The maximum Gasteiger partial charge on any atom is 0.223 e. The van der Waals surface area contributed by atoms with Gasteiger partial charge in [0.15, 0.2) is 5.78 Å². The molecular weight excluding hydrogens is 262 g/mol. The Morgan fingerprint density at radius 1 is 1.32 bits per heavy atom. The molecule has 19 heavy (non-hydrogen) atoms. The summed E-state index contributed by atoms with van der Waals surface area (Å²) in [6.45, 7) is 2.30. The molecule has 1 aliphatic rings. The minimum atomic E-state index is 0.0325. The van der Waals surface area contributed by atoms with Crippen LogP contribution in [0.1, 0.15) is 42.1 Å². The van der Waals surface area contributed by atoms with Crippen molar-refractivity contribution in [2.24, 2.45) is 0 Å². The number of hydrogen-bond acceptors (Lipinski definition) is 2. The highest BCUT2D eigenvalue weighted by atomic mass is 35.5. The fourth-order valence-electron chi connectivity index (χ4n) is 2.46. The Labute approximate surface area is 118 Å². The van der Waals surface area contributed by atoms with Crippen LogP contribution in [0.4, 0.5) is 5.69 Å². The fourth-order valence-corrected chi connectivity index (χ4v) is 2.63. The van der Waals surface area contributed by atoms with Gasteiger partial charge in [-0.05, 0) is 30.9 Å². The number of Topliss-reactive ketones (excluding diaryl/α,β-unsaturated/α-hetero) is 1. The van der Waals surface area contributed by atoms with E-state index < -0.39 is 0 Å². The monoisotopic (exact) mass is 279 g/mol. The predicted molar refractivity (Wildman–Crippen MR) is 77.1 cm³/mol. The van der Waals surface area contributed by atoms with Gasteiger partial charge < -0.3 is 4.90 Å². The molecule has 0 radical (unpaired) electrons. The lowest BCUT2D eigenvalue weighted by Gasteiger charge is -2.21. The molecule has 0 atom stereocenters. The summed E-state index contributed by atoms with van der Waals surface area (Å²) in [7, 11) is 0. The van der Waals surface area contributed by atoms with Crippen molar-refractivity contribution >= 4 is 29.0 Å². The molecule has 102 valence electrons. The van der Waals surface area contributed by atoms with Crippen LogP contribution in [0, 0.1) is 0 Å². The van der Waals surface area contributed by atoms with Gasteiger partial charge in [0.1, 0.15) is 0 Å². The molecule has 1 aromatic rings. The zero-order valence-electron chi connectivity index (χ0n) is 11.1. The van der Waals surface area contributed by atoms with E-state index in [-0.39, 0.29) is 11.7 Å². The molecule has 1 amide bonds. The van der Waals surface area contributed by atoms with Crippen molar-refractivity contribution in [2.45, 2.75) is 32.6 Å². The number of aryl methyl sites for hydroxylation is 1. The SMILES string of the molecule is CC(=O)N1CCCCc2ccc(C(=O)CCCl)cc21.